The van der Waals surface area contributed by atoms with E-state index in [1.165, 1.54) is 19.3 Å². The van der Waals surface area contributed by atoms with Crippen LogP contribution < -0.4 is 0 Å². The summed E-state index contributed by atoms with van der Waals surface area (Å²) in [5.41, 5.74) is 1.60. The second kappa shape index (κ2) is 5.31. The zero-order valence-electron chi connectivity index (χ0n) is 10.8. The van der Waals surface area contributed by atoms with Gasteiger partial charge < -0.3 is 9.64 Å². The lowest BCUT2D eigenvalue weighted by Gasteiger charge is -2.25. The Morgan fingerprint density at radius 2 is 1.79 bits per heavy atom. The second-order valence-corrected chi connectivity index (χ2v) is 4.95. The number of ether oxygens (including phenoxy) is 1. The maximum atomic E-state index is 11.9. The monoisotopic (exact) mass is 255 g/mol. The van der Waals surface area contributed by atoms with Crippen LogP contribution in [0.2, 0.25) is 0 Å². The lowest BCUT2D eigenvalue weighted by molar-refractivity contribution is -0.131. The molecule has 3 nitrogen and oxygen atoms in total. The smallest absolute Gasteiger partial charge is 0.345 e. The summed E-state index contributed by atoms with van der Waals surface area (Å²) >= 11 is 0. The first-order chi connectivity index (χ1) is 9.33. The number of likely N-dealkylation sites (tertiary alicyclic amines) is 1. The Morgan fingerprint density at radius 1 is 1.05 bits per heavy atom. The van der Waals surface area contributed by atoms with Gasteiger partial charge in [-0.1, -0.05) is 30.3 Å². The van der Waals surface area contributed by atoms with Gasteiger partial charge >= 0.3 is 5.97 Å². The third-order valence-electron chi connectivity index (χ3n) is 3.50. The zero-order chi connectivity index (χ0) is 13.1. The lowest BCUT2D eigenvalue weighted by Crippen LogP contribution is -2.25. The highest BCUT2D eigenvalue weighted by atomic mass is 16.5. The van der Waals surface area contributed by atoms with E-state index in [1.54, 1.807) is 0 Å². The molecule has 3 heteroatoms. The van der Waals surface area contributed by atoms with Crippen molar-refractivity contribution in [1.82, 2.24) is 4.90 Å². The summed E-state index contributed by atoms with van der Waals surface area (Å²) in [6.07, 6.45) is 7.47. The Bertz CT molecular complexity index is 525. The van der Waals surface area contributed by atoms with Crippen LogP contribution in [0, 0.1) is 0 Å². The third kappa shape index (κ3) is 2.70. The SMILES string of the molecule is O=C1OC(c2ccccc2)=CC1=CN1CCCCC1. The van der Waals surface area contributed by atoms with E-state index in [-0.39, 0.29) is 5.97 Å². The van der Waals surface area contributed by atoms with E-state index < -0.39 is 0 Å². The minimum Gasteiger partial charge on any atom is -0.422 e. The van der Waals surface area contributed by atoms with Crippen molar-refractivity contribution in [3.63, 3.8) is 0 Å². The predicted molar refractivity (Wildman–Crippen MR) is 74.0 cm³/mol. The Kier molecular flexibility index (Phi) is 3.36. The van der Waals surface area contributed by atoms with E-state index in [2.05, 4.69) is 4.90 Å². The minimum absolute atomic E-state index is 0.246. The van der Waals surface area contributed by atoms with Gasteiger partial charge in [0.2, 0.25) is 0 Å². The molecule has 98 valence electrons. The van der Waals surface area contributed by atoms with E-state index in [0.717, 1.165) is 18.7 Å². The fourth-order valence-corrected chi connectivity index (χ4v) is 2.47. The highest BCUT2D eigenvalue weighted by Crippen LogP contribution is 2.26. The van der Waals surface area contributed by atoms with Gasteiger partial charge in [-0.25, -0.2) is 4.79 Å². The molecule has 0 spiro atoms. The molecule has 0 amide bonds. The van der Waals surface area contributed by atoms with Gasteiger partial charge in [0.25, 0.3) is 0 Å². The quantitative estimate of drug-likeness (QED) is 0.601. The minimum atomic E-state index is -0.246. The summed E-state index contributed by atoms with van der Waals surface area (Å²) in [7, 11) is 0. The third-order valence-corrected chi connectivity index (χ3v) is 3.50. The number of esters is 1. The van der Waals surface area contributed by atoms with Crippen molar-refractivity contribution < 1.29 is 9.53 Å². The van der Waals surface area contributed by atoms with Crippen LogP contribution in [0.5, 0.6) is 0 Å². The Balaban J connectivity index is 1.81. The number of carbonyl (C=O) groups is 1. The molecule has 2 aliphatic rings. The van der Waals surface area contributed by atoms with Crippen molar-refractivity contribution in [2.24, 2.45) is 0 Å². The summed E-state index contributed by atoms with van der Waals surface area (Å²) in [5, 5.41) is 0. The van der Waals surface area contributed by atoms with Crippen LogP contribution in [0.3, 0.4) is 0 Å². The van der Waals surface area contributed by atoms with Crippen molar-refractivity contribution in [3.8, 4) is 0 Å². The summed E-state index contributed by atoms with van der Waals surface area (Å²) in [6, 6.07) is 9.73. The molecule has 1 saturated heterocycles. The van der Waals surface area contributed by atoms with E-state index >= 15 is 0 Å². The van der Waals surface area contributed by atoms with Gasteiger partial charge in [-0.05, 0) is 25.3 Å². The lowest BCUT2D eigenvalue weighted by atomic mass is 10.1. The predicted octanol–water partition coefficient (Wildman–Crippen LogP) is 2.95. The van der Waals surface area contributed by atoms with Gasteiger partial charge in [0.15, 0.2) is 0 Å². The first-order valence-electron chi connectivity index (χ1n) is 6.78. The molecule has 0 bridgehead atoms. The van der Waals surface area contributed by atoms with Crippen LogP contribution >= 0.6 is 0 Å². The van der Waals surface area contributed by atoms with Crippen molar-refractivity contribution in [1.29, 1.82) is 0 Å². The molecular formula is C16H17NO2. The van der Waals surface area contributed by atoms with Crippen molar-refractivity contribution in [2.75, 3.05) is 13.1 Å². The zero-order valence-corrected chi connectivity index (χ0v) is 10.8. The Labute approximate surface area is 113 Å². The van der Waals surface area contributed by atoms with Crippen LogP contribution in [0.1, 0.15) is 24.8 Å². The van der Waals surface area contributed by atoms with Crippen molar-refractivity contribution >= 4 is 11.7 Å². The largest absolute Gasteiger partial charge is 0.422 e. The number of carbonyl (C=O) groups excluding carboxylic acids is 1. The highest BCUT2D eigenvalue weighted by molar-refractivity contribution is 6.01. The maximum absolute atomic E-state index is 11.9. The van der Waals surface area contributed by atoms with Gasteiger partial charge in [0, 0.05) is 24.9 Å². The molecule has 0 saturated carbocycles. The molecule has 1 aromatic rings. The summed E-state index contributed by atoms with van der Waals surface area (Å²) in [4.78, 5) is 14.1. The number of nitrogens with zero attached hydrogens (tertiary/aromatic N) is 1. The molecule has 19 heavy (non-hydrogen) atoms. The average Bonchev–Trinajstić information content (AvgIpc) is 2.82. The molecule has 0 aromatic heterocycles. The van der Waals surface area contributed by atoms with Gasteiger partial charge in [-0.3, -0.25) is 0 Å². The average molecular weight is 255 g/mol. The number of hydrogen-bond acceptors (Lipinski definition) is 3. The summed E-state index contributed by atoms with van der Waals surface area (Å²) < 4.78 is 5.33. The van der Waals surface area contributed by atoms with Crippen molar-refractivity contribution in [2.45, 2.75) is 19.3 Å². The molecule has 0 aliphatic carbocycles. The number of piperidine rings is 1. The highest BCUT2D eigenvalue weighted by Gasteiger charge is 2.22. The summed E-state index contributed by atoms with van der Waals surface area (Å²) in [6.45, 7) is 2.07. The van der Waals surface area contributed by atoms with E-state index in [4.69, 9.17) is 4.74 Å². The standard InChI is InChI=1S/C16H17NO2/c18-16-14(12-17-9-5-2-6-10-17)11-15(19-16)13-7-3-1-4-8-13/h1,3-4,7-8,11-12H,2,5-6,9-10H2. The molecule has 0 radical (unpaired) electrons. The molecular weight excluding hydrogens is 238 g/mol. The number of cyclic esters (lactones) is 1. The molecule has 0 N–H and O–H groups in total. The molecule has 0 atom stereocenters. The molecule has 2 heterocycles. The van der Waals surface area contributed by atoms with Crippen LogP contribution in [-0.2, 0) is 9.53 Å². The van der Waals surface area contributed by atoms with Crippen LogP contribution in [0.15, 0.2) is 48.2 Å². The normalized spacial score (nSPS) is 21.5. The fraction of sp³-hybridized carbons (Fsp3) is 0.312. The number of benzene rings is 1. The molecule has 0 unspecified atom stereocenters. The van der Waals surface area contributed by atoms with E-state index in [1.807, 2.05) is 42.6 Å². The Hall–Kier alpha value is -2.03. The first-order valence-corrected chi connectivity index (χ1v) is 6.78. The topological polar surface area (TPSA) is 29.5 Å². The van der Waals surface area contributed by atoms with E-state index in [0.29, 0.717) is 11.3 Å². The van der Waals surface area contributed by atoms with Gasteiger partial charge in [0.05, 0.1) is 5.57 Å². The van der Waals surface area contributed by atoms with Crippen LogP contribution in [-0.4, -0.2) is 24.0 Å². The van der Waals surface area contributed by atoms with Crippen molar-refractivity contribution in [3.05, 3.63) is 53.7 Å². The molecule has 3 rings (SSSR count). The van der Waals surface area contributed by atoms with Gasteiger partial charge in [0.1, 0.15) is 5.76 Å². The first kappa shape index (κ1) is 12.0. The second-order valence-electron chi connectivity index (χ2n) is 4.95. The maximum Gasteiger partial charge on any atom is 0.345 e. The van der Waals surface area contributed by atoms with Gasteiger partial charge in [-0.2, -0.15) is 0 Å². The van der Waals surface area contributed by atoms with E-state index in [9.17, 15) is 4.79 Å². The molecule has 1 aromatic carbocycles. The Morgan fingerprint density at radius 3 is 2.53 bits per heavy atom. The summed E-state index contributed by atoms with van der Waals surface area (Å²) in [5.74, 6) is 0.401. The van der Waals surface area contributed by atoms with Crippen LogP contribution in [0.25, 0.3) is 5.76 Å². The van der Waals surface area contributed by atoms with Gasteiger partial charge in [-0.15, -0.1) is 0 Å². The number of hydrogen-bond donors (Lipinski definition) is 0. The fourth-order valence-electron chi connectivity index (χ4n) is 2.47. The molecule has 2 aliphatic heterocycles. The molecule has 1 fully saturated rings. The number of rotatable bonds is 2. The van der Waals surface area contributed by atoms with Crippen LogP contribution in [0.4, 0.5) is 0 Å².